The minimum atomic E-state index is 0.285. The first-order chi connectivity index (χ1) is 20.6. The summed E-state index contributed by atoms with van der Waals surface area (Å²) in [6.07, 6.45) is 11.5. The second-order valence-corrected chi connectivity index (χ2v) is 9.77. The maximum absolute atomic E-state index is 9.16. The highest BCUT2D eigenvalue weighted by atomic mass is 15.1. The van der Waals surface area contributed by atoms with Crippen molar-refractivity contribution in [1.82, 2.24) is 9.55 Å². The molecule has 1 aromatic heterocycles. The molecular weight excluding hydrogens is 514 g/mol. The molecule has 0 aliphatic carbocycles. The Morgan fingerprint density at radius 3 is 1.86 bits per heavy atom. The molecule has 0 aliphatic rings. The Hall–Kier alpha value is -5.00. The monoisotopic (exact) mass is 553 g/mol. The van der Waals surface area contributed by atoms with Crippen LogP contribution < -0.4 is 9.80 Å². The summed E-state index contributed by atoms with van der Waals surface area (Å²) < 4.78 is 2.18. The second kappa shape index (κ2) is 14.6. The van der Waals surface area contributed by atoms with E-state index < -0.39 is 0 Å². The van der Waals surface area contributed by atoms with Crippen LogP contribution >= 0.6 is 0 Å². The number of terminal acetylenes is 1. The first-order valence-corrected chi connectivity index (χ1v) is 14.7. The first kappa shape index (κ1) is 30.0. The van der Waals surface area contributed by atoms with Crippen molar-refractivity contribution in [1.29, 1.82) is 5.26 Å². The molecule has 0 fully saturated rings. The van der Waals surface area contributed by atoms with Gasteiger partial charge >= 0.3 is 0 Å². The van der Waals surface area contributed by atoms with Crippen LogP contribution in [0.1, 0.15) is 39.9 Å². The highest BCUT2D eigenvalue weighted by molar-refractivity contribution is 5.86. The van der Waals surface area contributed by atoms with Crippen LogP contribution in [0, 0.1) is 23.7 Å². The zero-order valence-corrected chi connectivity index (χ0v) is 25.1. The Bertz CT molecular complexity index is 1590. The molecule has 212 valence electrons. The minimum Gasteiger partial charge on any atom is -0.372 e. The topological polar surface area (TPSA) is 48.1 Å². The number of aromatic nitrogens is 2. The van der Waals surface area contributed by atoms with Crippen molar-refractivity contribution in [3.05, 3.63) is 103 Å². The highest BCUT2D eigenvalue weighted by Gasteiger charge is 2.23. The van der Waals surface area contributed by atoms with Gasteiger partial charge in [0.25, 0.3) is 0 Å². The molecule has 3 aromatic carbocycles. The number of allylic oxidation sites excluding steroid dienone is 4. The molecule has 0 N–H and O–H groups in total. The molecule has 4 rings (SSSR count). The molecule has 42 heavy (non-hydrogen) atoms. The molecule has 0 atom stereocenters. The Morgan fingerprint density at radius 2 is 1.36 bits per heavy atom. The van der Waals surface area contributed by atoms with Gasteiger partial charge in [0, 0.05) is 59.9 Å². The summed E-state index contributed by atoms with van der Waals surface area (Å²) in [6, 6.07) is 29.8. The van der Waals surface area contributed by atoms with E-state index in [0.717, 1.165) is 65.8 Å². The van der Waals surface area contributed by atoms with Crippen molar-refractivity contribution in [2.24, 2.45) is 0 Å². The molecule has 5 heteroatoms. The van der Waals surface area contributed by atoms with Crippen LogP contribution in [0.15, 0.2) is 97.1 Å². The Kier molecular flexibility index (Phi) is 10.4. The fourth-order valence-corrected chi connectivity index (χ4v) is 5.26. The zero-order valence-electron chi connectivity index (χ0n) is 25.1. The summed E-state index contributed by atoms with van der Waals surface area (Å²) in [5.74, 6) is 3.41. The molecule has 0 amide bonds. The number of imidazole rings is 1. The van der Waals surface area contributed by atoms with E-state index in [1.165, 1.54) is 11.4 Å². The number of anilines is 2. The number of para-hydroxylation sites is 1. The van der Waals surface area contributed by atoms with Crippen LogP contribution in [-0.2, 0) is 0 Å². The van der Waals surface area contributed by atoms with Gasteiger partial charge in [0.1, 0.15) is 5.82 Å². The van der Waals surface area contributed by atoms with Crippen molar-refractivity contribution in [2.75, 3.05) is 36.0 Å². The molecule has 0 unspecified atom stereocenters. The molecule has 0 radical (unpaired) electrons. The summed E-state index contributed by atoms with van der Waals surface area (Å²) in [7, 11) is 0. The average molecular weight is 554 g/mol. The quantitative estimate of drug-likeness (QED) is 0.131. The lowest BCUT2D eigenvalue weighted by molar-refractivity contribution is 0.866. The molecule has 1 heterocycles. The van der Waals surface area contributed by atoms with Crippen LogP contribution in [0.3, 0.4) is 0 Å². The van der Waals surface area contributed by atoms with E-state index in [1.807, 2.05) is 30.4 Å². The fourth-order valence-electron chi connectivity index (χ4n) is 5.26. The third-order valence-electron chi connectivity index (χ3n) is 7.43. The van der Waals surface area contributed by atoms with Crippen molar-refractivity contribution in [3.63, 3.8) is 0 Å². The highest BCUT2D eigenvalue weighted by Crippen LogP contribution is 2.38. The van der Waals surface area contributed by atoms with Crippen molar-refractivity contribution in [2.45, 2.75) is 34.1 Å². The molecule has 0 saturated heterocycles. The van der Waals surface area contributed by atoms with Crippen molar-refractivity contribution < 1.29 is 0 Å². The number of nitriles is 1. The average Bonchev–Trinajstić information content (AvgIpc) is 3.43. The summed E-state index contributed by atoms with van der Waals surface area (Å²) in [5.41, 5.74) is 8.04. The number of rotatable bonds is 12. The number of benzene rings is 3. The molecule has 0 saturated carbocycles. The van der Waals surface area contributed by atoms with Gasteiger partial charge in [-0.2, -0.15) is 5.26 Å². The van der Waals surface area contributed by atoms with E-state index in [9.17, 15) is 0 Å². The Balaban J connectivity index is 2.02. The summed E-state index contributed by atoms with van der Waals surface area (Å²) in [4.78, 5) is 9.95. The van der Waals surface area contributed by atoms with Gasteiger partial charge in [-0.25, -0.2) is 4.98 Å². The standard InChI is InChI=1S/C37H39N5/c1-6-16-31(17-14-15-28-38)37-39-35(29-20-24-32(25-21-29)40(7-2)8-3)36(42(37)34-18-12-11-13-19-34)30-22-26-33(27-23-30)41(9-4)10-5/h1,11-14,16-27H,7-10,15H2,2-5H3/b17-14-,31-16+. The molecule has 0 bridgehead atoms. The van der Waals surface area contributed by atoms with E-state index in [1.54, 1.807) is 6.08 Å². The summed E-state index contributed by atoms with van der Waals surface area (Å²) in [6.45, 7) is 12.5. The number of nitrogens with zero attached hydrogens (tertiary/aromatic N) is 5. The van der Waals surface area contributed by atoms with E-state index in [-0.39, 0.29) is 6.42 Å². The van der Waals surface area contributed by atoms with Crippen molar-refractivity contribution in [3.8, 4) is 46.6 Å². The maximum atomic E-state index is 9.16. The molecular formula is C37H39N5. The Labute approximate surface area is 251 Å². The lowest BCUT2D eigenvalue weighted by Gasteiger charge is -2.22. The summed E-state index contributed by atoms with van der Waals surface area (Å²) in [5, 5.41) is 9.16. The number of hydrogen-bond donors (Lipinski definition) is 0. The molecule has 0 spiro atoms. The van der Waals surface area contributed by atoms with Crippen LogP contribution in [0.25, 0.3) is 33.8 Å². The lowest BCUT2D eigenvalue weighted by Crippen LogP contribution is -2.21. The van der Waals surface area contributed by atoms with Gasteiger partial charge in [-0.3, -0.25) is 4.57 Å². The van der Waals surface area contributed by atoms with E-state index in [4.69, 9.17) is 16.7 Å². The van der Waals surface area contributed by atoms with E-state index in [0.29, 0.717) is 0 Å². The van der Waals surface area contributed by atoms with Crippen LogP contribution in [0.2, 0.25) is 0 Å². The van der Waals surface area contributed by atoms with Crippen molar-refractivity contribution >= 4 is 16.9 Å². The van der Waals surface area contributed by atoms with Gasteiger partial charge in [0.15, 0.2) is 0 Å². The maximum Gasteiger partial charge on any atom is 0.146 e. The first-order valence-electron chi connectivity index (χ1n) is 14.7. The largest absolute Gasteiger partial charge is 0.372 e. The zero-order chi connectivity index (χ0) is 29.9. The lowest BCUT2D eigenvalue weighted by atomic mass is 10.0. The van der Waals surface area contributed by atoms with E-state index >= 15 is 0 Å². The fraction of sp³-hybridized carbons (Fsp3) is 0.243. The molecule has 4 aromatic rings. The Morgan fingerprint density at radius 1 is 0.810 bits per heavy atom. The van der Waals surface area contributed by atoms with Gasteiger partial charge in [-0.1, -0.05) is 60.5 Å². The number of hydrogen-bond acceptors (Lipinski definition) is 4. The van der Waals surface area contributed by atoms with Gasteiger partial charge < -0.3 is 9.80 Å². The smallest absolute Gasteiger partial charge is 0.146 e. The second-order valence-electron chi connectivity index (χ2n) is 9.77. The van der Waals surface area contributed by atoms with E-state index in [2.05, 4.69) is 115 Å². The minimum absolute atomic E-state index is 0.285. The van der Waals surface area contributed by atoms with Gasteiger partial charge in [0.2, 0.25) is 0 Å². The van der Waals surface area contributed by atoms with Gasteiger partial charge in [0.05, 0.1) is 23.9 Å². The normalized spacial score (nSPS) is 11.3. The van der Waals surface area contributed by atoms with Crippen LogP contribution in [0.5, 0.6) is 0 Å². The van der Waals surface area contributed by atoms with Crippen LogP contribution in [-0.4, -0.2) is 35.7 Å². The SMILES string of the molecule is C#C/C=C(\C=C/CC#N)c1nc(-c2ccc(N(CC)CC)cc2)c(-c2ccc(N(CC)CC)cc2)n1-c1ccccc1. The third kappa shape index (κ3) is 6.48. The van der Waals surface area contributed by atoms with Gasteiger partial charge in [-0.05, 0) is 70.2 Å². The van der Waals surface area contributed by atoms with Gasteiger partial charge in [-0.15, -0.1) is 6.42 Å². The molecule has 0 aliphatic heterocycles. The predicted octanol–water partition coefficient (Wildman–Crippen LogP) is 8.39. The summed E-state index contributed by atoms with van der Waals surface area (Å²) >= 11 is 0. The molecule has 5 nitrogen and oxygen atoms in total. The third-order valence-corrected chi connectivity index (χ3v) is 7.43. The van der Waals surface area contributed by atoms with Crippen LogP contribution in [0.4, 0.5) is 11.4 Å². The predicted molar refractivity (Wildman–Crippen MR) is 178 cm³/mol.